The highest BCUT2D eigenvalue weighted by Gasteiger charge is 2.41. The van der Waals surface area contributed by atoms with Gasteiger partial charge in [-0.2, -0.15) is 5.26 Å². The van der Waals surface area contributed by atoms with Crippen LogP contribution in [0.3, 0.4) is 0 Å². The molecule has 75 heavy (non-hydrogen) atoms. The van der Waals surface area contributed by atoms with E-state index in [2.05, 4.69) is 62.3 Å². The predicted molar refractivity (Wildman–Crippen MR) is 311 cm³/mol. The summed E-state index contributed by atoms with van der Waals surface area (Å²) >= 11 is 0. The molecule has 5 rings (SSSR count). The quantitative estimate of drug-likeness (QED) is 0.0373. The second-order valence-electron chi connectivity index (χ2n) is 21.7. The smallest absolute Gasteiger partial charge is 0.272 e. The van der Waals surface area contributed by atoms with Crippen LogP contribution in [-0.4, -0.2) is 41.4 Å². The van der Waals surface area contributed by atoms with Gasteiger partial charge >= 0.3 is 0 Å². The third-order valence-corrected chi connectivity index (χ3v) is 15.5. The lowest BCUT2D eigenvalue weighted by atomic mass is 9.84. The molecule has 0 saturated heterocycles. The molecular formula is C67H99N3O5. The summed E-state index contributed by atoms with van der Waals surface area (Å²) in [6.07, 6.45) is 52.6. The Morgan fingerprint density at radius 2 is 1.05 bits per heavy atom. The number of nitrogens with zero attached hydrogens (tertiary/aromatic N) is 3. The summed E-state index contributed by atoms with van der Waals surface area (Å²) in [6.45, 7) is 11.0. The van der Waals surface area contributed by atoms with E-state index >= 15 is 0 Å². The zero-order valence-corrected chi connectivity index (χ0v) is 47.6. The number of allylic oxidation sites excluding steroid dienone is 5. The third kappa shape index (κ3) is 21.1. The molecule has 1 unspecified atom stereocenters. The fraction of sp³-hybridized carbons (Fsp3) is 0.627. The van der Waals surface area contributed by atoms with Crippen molar-refractivity contribution in [3.8, 4) is 23.3 Å². The van der Waals surface area contributed by atoms with Crippen molar-refractivity contribution >= 4 is 11.8 Å². The Labute approximate surface area is 456 Å². The number of nitriles is 1. The number of carbonyl (C=O) groups excluding carboxylic acids is 2. The van der Waals surface area contributed by atoms with Gasteiger partial charge in [-0.05, 0) is 98.1 Å². The number of hydrogen-bond donors (Lipinski definition) is 0. The molecule has 0 saturated carbocycles. The van der Waals surface area contributed by atoms with Gasteiger partial charge in [-0.3, -0.25) is 14.5 Å². The van der Waals surface area contributed by atoms with Crippen molar-refractivity contribution in [2.24, 2.45) is 0 Å². The molecule has 0 N–H and O–H groups in total. The highest BCUT2D eigenvalue weighted by atomic mass is 16.5. The van der Waals surface area contributed by atoms with Gasteiger partial charge in [0.15, 0.2) is 11.5 Å². The number of fused-ring (bicyclic) bond motifs is 1. The van der Waals surface area contributed by atoms with E-state index in [0.29, 0.717) is 43.9 Å². The standard InChI is InChI=1S/C67H99N3O5/c1-5-8-11-14-17-20-23-26-29-34-50-73-63-45-43-58(64(74-51-35-30-27-24-21-18-15-12-9-6-2)65(63)75-52-36-31-28-25-22-19-16-13-10-7-3)54-69-48-46-56(47-49-69)42-44-59-55(4)61(53-68)67(72)70(66(59)71)62-41-37-39-57-38-32-33-40-60(57)62/h32-33,38,40,42-49,62H,5-31,34-37,39,41,50-52,54H2,1-4H3/b59-44-. The lowest BCUT2D eigenvalue weighted by Gasteiger charge is -2.37. The molecule has 3 aliphatic rings. The summed E-state index contributed by atoms with van der Waals surface area (Å²) in [5.74, 6) is 1.44. The van der Waals surface area contributed by atoms with Gasteiger partial charge in [-0.1, -0.05) is 224 Å². The molecule has 0 fully saturated rings. The van der Waals surface area contributed by atoms with E-state index in [-0.39, 0.29) is 11.5 Å². The zero-order valence-electron chi connectivity index (χ0n) is 47.6. The number of hydrogen-bond acceptors (Lipinski definition) is 7. The van der Waals surface area contributed by atoms with Gasteiger partial charge in [0.05, 0.1) is 32.4 Å². The lowest BCUT2D eigenvalue weighted by molar-refractivity contribution is -0.143. The molecule has 1 aliphatic carbocycles. The van der Waals surface area contributed by atoms with Crippen LogP contribution in [0.5, 0.6) is 17.2 Å². The van der Waals surface area contributed by atoms with E-state index in [1.54, 1.807) is 13.0 Å². The van der Waals surface area contributed by atoms with E-state index in [4.69, 9.17) is 14.2 Å². The van der Waals surface area contributed by atoms with Crippen molar-refractivity contribution < 1.29 is 23.8 Å². The van der Waals surface area contributed by atoms with Gasteiger partial charge in [0.1, 0.15) is 11.6 Å². The monoisotopic (exact) mass is 1030 g/mol. The fourth-order valence-electron chi connectivity index (χ4n) is 10.9. The van der Waals surface area contributed by atoms with Crippen LogP contribution in [0.4, 0.5) is 0 Å². The number of unbranched alkanes of at least 4 members (excludes halogenated alkanes) is 27. The summed E-state index contributed by atoms with van der Waals surface area (Å²) < 4.78 is 20.2. The summed E-state index contributed by atoms with van der Waals surface area (Å²) in [5, 5.41) is 10.2. The summed E-state index contributed by atoms with van der Waals surface area (Å²) in [6, 6.07) is 14.0. The second kappa shape index (κ2) is 36.9. The van der Waals surface area contributed by atoms with Gasteiger partial charge in [-0.25, -0.2) is 0 Å². The molecule has 2 amide bonds. The SMILES string of the molecule is CCCCCCCCCCCCOc1ccc(CN2C=CC(=C/C=C3\C(=O)N(C4CCCc5ccccc54)C(=O)C(C#N)=C3C)C=C2)c(OCCCCCCCCCCCC)c1OCCCCCCCCCCCC. The normalized spacial score (nSPS) is 16.0. The van der Waals surface area contributed by atoms with Crippen LogP contribution in [0.25, 0.3) is 0 Å². The molecule has 412 valence electrons. The minimum Gasteiger partial charge on any atom is -0.490 e. The molecule has 2 aliphatic heterocycles. The summed E-state index contributed by atoms with van der Waals surface area (Å²) in [7, 11) is 0. The van der Waals surface area contributed by atoms with Crippen LogP contribution >= 0.6 is 0 Å². The topological polar surface area (TPSA) is 92.1 Å². The molecule has 2 aromatic carbocycles. The first-order valence-corrected chi connectivity index (χ1v) is 30.6. The molecule has 0 radical (unpaired) electrons. The van der Waals surface area contributed by atoms with Crippen LogP contribution in [0, 0.1) is 11.3 Å². The van der Waals surface area contributed by atoms with Crippen LogP contribution in [0.15, 0.2) is 95.4 Å². The number of carbonyl (C=O) groups is 2. The highest BCUT2D eigenvalue weighted by Crippen LogP contribution is 2.43. The van der Waals surface area contributed by atoms with Gasteiger partial charge in [0.2, 0.25) is 5.75 Å². The lowest BCUT2D eigenvalue weighted by Crippen LogP contribution is -2.45. The van der Waals surface area contributed by atoms with Gasteiger partial charge in [0.25, 0.3) is 11.8 Å². The maximum Gasteiger partial charge on any atom is 0.272 e. The number of aryl methyl sites for hydroxylation is 1. The molecule has 1 atom stereocenters. The van der Waals surface area contributed by atoms with Crippen LogP contribution < -0.4 is 14.2 Å². The second-order valence-corrected chi connectivity index (χ2v) is 21.7. The maximum absolute atomic E-state index is 14.2. The first-order chi connectivity index (χ1) is 36.9. The fourth-order valence-corrected chi connectivity index (χ4v) is 10.9. The molecule has 0 bridgehead atoms. The molecule has 0 aromatic heterocycles. The third-order valence-electron chi connectivity index (χ3n) is 15.5. The van der Waals surface area contributed by atoms with Crippen molar-refractivity contribution in [2.45, 2.75) is 252 Å². The zero-order chi connectivity index (χ0) is 53.1. The number of imide groups is 1. The first kappa shape index (κ1) is 60.8. The Bertz CT molecular complexity index is 2180. The van der Waals surface area contributed by atoms with Crippen molar-refractivity contribution in [2.75, 3.05) is 19.8 Å². The van der Waals surface area contributed by atoms with E-state index in [0.717, 1.165) is 84.5 Å². The molecule has 2 aromatic rings. The Morgan fingerprint density at radius 3 is 1.57 bits per heavy atom. The Balaban J connectivity index is 1.29. The van der Waals surface area contributed by atoms with E-state index < -0.39 is 11.9 Å². The van der Waals surface area contributed by atoms with Crippen LogP contribution in [0.1, 0.15) is 256 Å². The van der Waals surface area contributed by atoms with E-state index in [9.17, 15) is 14.9 Å². The first-order valence-electron chi connectivity index (χ1n) is 30.6. The Kier molecular flexibility index (Phi) is 29.9. The average Bonchev–Trinajstić information content (AvgIpc) is 3.42. The van der Waals surface area contributed by atoms with Crippen molar-refractivity contribution in [3.05, 3.63) is 112 Å². The van der Waals surface area contributed by atoms with Crippen molar-refractivity contribution in [1.82, 2.24) is 9.80 Å². The average molecular weight is 1030 g/mol. The van der Waals surface area contributed by atoms with Crippen molar-refractivity contribution in [3.63, 3.8) is 0 Å². The molecule has 8 nitrogen and oxygen atoms in total. The number of ether oxygens (including phenoxy) is 3. The maximum atomic E-state index is 14.2. The van der Waals surface area contributed by atoms with Gasteiger partial charge < -0.3 is 19.1 Å². The van der Waals surface area contributed by atoms with Gasteiger partial charge in [0, 0.05) is 23.5 Å². The minimum absolute atomic E-state index is 0.0245. The van der Waals surface area contributed by atoms with E-state index in [1.807, 2.05) is 36.4 Å². The minimum atomic E-state index is -0.507. The molecular weight excluding hydrogens is 927 g/mol. The largest absolute Gasteiger partial charge is 0.490 e. The van der Waals surface area contributed by atoms with E-state index in [1.165, 1.54) is 165 Å². The van der Waals surface area contributed by atoms with Crippen molar-refractivity contribution in [1.29, 1.82) is 5.26 Å². The summed E-state index contributed by atoms with van der Waals surface area (Å²) in [5.41, 5.74) is 4.90. The van der Waals surface area contributed by atoms with Crippen LogP contribution in [-0.2, 0) is 22.6 Å². The van der Waals surface area contributed by atoms with Crippen LogP contribution in [0.2, 0.25) is 0 Å². The number of benzene rings is 2. The Hall–Kier alpha value is -5.03. The van der Waals surface area contributed by atoms with Gasteiger partial charge in [-0.15, -0.1) is 0 Å². The molecule has 0 spiro atoms. The number of amides is 2. The highest BCUT2D eigenvalue weighted by molar-refractivity contribution is 6.18. The molecule has 2 heterocycles. The number of rotatable bonds is 40. The predicted octanol–water partition coefficient (Wildman–Crippen LogP) is 18.6. The molecule has 8 heteroatoms. The summed E-state index contributed by atoms with van der Waals surface area (Å²) in [4.78, 5) is 31.5. The Morgan fingerprint density at radius 1 is 0.573 bits per heavy atom.